The highest BCUT2D eigenvalue weighted by Crippen LogP contribution is 2.40. The molecular weight excluding hydrogens is 310 g/mol. The van der Waals surface area contributed by atoms with Gasteiger partial charge in [0.2, 0.25) is 5.95 Å². The number of anilines is 4. The van der Waals surface area contributed by atoms with Gasteiger partial charge in [-0.05, 0) is 36.5 Å². The maximum atomic E-state index is 6.13. The fraction of sp³-hybridized carbons (Fsp3) is 0.412. The molecule has 0 radical (unpaired) electrons. The third-order valence-corrected chi connectivity index (χ3v) is 5.09. The molecule has 1 aromatic carbocycles. The largest absolute Gasteiger partial charge is 0.368 e. The smallest absolute Gasteiger partial charge is 0.223 e. The average molecular weight is 330 g/mol. The number of benzene rings is 1. The van der Waals surface area contributed by atoms with Crippen molar-refractivity contribution in [2.45, 2.75) is 38.0 Å². The second-order valence-electron chi connectivity index (χ2n) is 6.26. The molecule has 1 fully saturated rings. The maximum Gasteiger partial charge on any atom is 0.223 e. The van der Waals surface area contributed by atoms with E-state index in [2.05, 4.69) is 44.5 Å². The molecule has 1 saturated carbocycles. The second kappa shape index (κ2) is 5.89. The van der Waals surface area contributed by atoms with Gasteiger partial charge in [-0.2, -0.15) is 9.97 Å². The molecule has 2 aromatic rings. The summed E-state index contributed by atoms with van der Waals surface area (Å²) in [5.41, 5.74) is 9.01. The molecule has 6 heteroatoms. The van der Waals surface area contributed by atoms with Gasteiger partial charge >= 0.3 is 0 Å². The number of fused-ring (bicyclic) bond motifs is 1. The first-order valence-corrected chi connectivity index (χ1v) is 8.54. The lowest BCUT2D eigenvalue weighted by molar-refractivity contribution is 0.443. The second-order valence-corrected chi connectivity index (χ2v) is 6.62. The van der Waals surface area contributed by atoms with Crippen molar-refractivity contribution in [3.8, 4) is 0 Å². The predicted molar refractivity (Wildman–Crippen MR) is 94.4 cm³/mol. The van der Waals surface area contributed by atoms with Crippen molar-refractivity contribution in [2.24, 2.45) is 0 Å². The first-order chi connectivity index (χ1) is 11.2. The zero-order valence-electron chi connectivity index (χ0n) is 12.9. The van der Waals surface area contributed by atoms with E-state index in [4.69, 9.17) is 17.3 Å². The van der Waals surface area contributed by atoms with Crippen molar-refractivity contribution >= 4 is 34.7 Å². The minimum atomic E-state index is 0.196. The van der Waals surface area contributed by atoms with Crippen molar-refractivity contribution in [3.05, 3.63) is 35.0 Å². The molecule has 1 aliphatic heterocycles. The van der Waals surface area contributed by atoms with Crippen LogP contribution in [0, 0.1) is 0 Å². The molecule has 1 aromatic heterocycles. The standard InChI is InChI=1S/C17H20ClN5/c18-15-14-16(22-17(19)21-15)23(10-20-14)13-8-6-12(7-9-13)11-4-2-1-3-5-11/h6-9,11,20H,1-5,10H2,(H2,19,21,22). The summed E-state index contributed by atoms with van der Waals surface area (Å²) in [5.74, 6) is 1.66. The molecule has 2 heterocycles. The Morgan fingerprint density at radius 2 is 1.83 bits per heavy atom. The summed E-state index contributed by atoms with van der Waals surface area (Å²) < 4.78 is 0. The third kappa shape index (κ3) is 2.70. The number of nitrogen functional groups attached to an aromatic ring is 1. The number of nitrogens with one attached hydrogen (secondary N) is 1. The maximum absolute atomic E-state index is 6.13. The van der Waals surface area contributed by atoms with E-state index in [1.165, 1.54) is 37.7 Å². The normalized spacial score (nSPS) is 17.9. The van der Waals surface area contributed by atoms with E-state index >= 15 is 0 Å². The summed E-state index contributed by atoms with van der Waals surface area (Å²) in [6.07, 6.45) is 6.71. The number of nitrogens with two attached hydrogens (primary N) is 1. The molecular formula is C17H20ClN5. The monoisotopic (exact) mass is 329 g/mol. The fourth-order valence-corrected chi connectivity index (χ4v) is 3.83. The highest BCUT2D eigenvalue weighted by atomic mass is 35.5. The summed E-state index contributed by atoms with van der Waals surface area (Å²) in [6.45, 7) is 0.621. The zero-order valence-corrected chi connectivity index (χ0v) is 13.7. The Morgan fingerprint density at radius 3 is 2.57 bits per heavy atom. The van der Waals surface area contributed by atoms with Crippen LogP contribution in [-0.2, 0) is 0 Å². The van der Waals surface area contributed by atoms with Crippen LogP contribution in [0.15, 0.2) is 24.3 Å². The Labute approximate surface area is 140 Å². The van der Waals surface area contributed by atoms with Gasteiger partial charge in [0.15, 0.2) is 11.0 Å². The van der Waals surface area contributed by atoms with Gasteiger partial charge < -0.3 is 16.0 Å². The first kappa shape index (κ1) is 14.6. The zero-order chi connectivity index (χ0) is 15.8. The van der Waals surface area contributed by atoms with E-state index in [1.807, 2.05) is 0 Å². The van der Waals surface area contributed by atoms with E-state index in [9.17, 15) is 0 Å². The SMILES string of the molecule is Nc1nc(Cl)c2c(n1)N(c1ccc(C3CCCCC3)cc1)CN2. The van der Waals surface area contributed by atoms with Gasteiger partial charge in [0.05, 0.1) is 6.67 Å². The Bertz CT molecular complexity index is 710. The van der Waals surface area contributed by atoms with Crippen molar-refractivity contribution in [2.75, 3.05) is 22.6 Å². The lowest BCUT2D eigenvalue weighted by atomic mass is 9.84. The number of nitrogens with zero attached hydrogens (tertiary/aromatic N) is 3. The third-order valence-electron chi connectivity index (χ3n) is 4.81. The van der Waals surface area contributed by atoms with Gasteiger partial charge in [0.25, 0.3) is 0 Å². The summed E-state index contributed by atoms with van der Waals surface area (Å²) in [6, 6.07) is 8.81. The molecule has 120 valence electrons. The van der Waals surface area contributed by atoms with Gasteiger partial charge in [0.1, 0.15) is 5.69 Å². The molecule has 0 saturated heterocycles. The number of rotatable bonds is 2. The summed E-state index contributed by atoms with van der Waals surface area (Å²) in [7, 11) is 0. The van der Waals surface area contributed by atoms with Crippen LogP contribution in [0.2, 0.25) is 5.15 Å². The minimum Gasteiger partial charge on any atom is -0.368 e. The topological polar surface area (TPSA) is 67.1 Å². The predicted octanol–water partition coefficient (Wildman–Crippen LogP) is 4.28. The molecule has 1 aliphatic carbocycles. The van der Waals surface area contributed by atoms with Crippen LogP contribution in [0.3, 0.4) is 0 Å². The lowest BCUT2D eigenvalue weighted by Gasteiger charge is -2.23. The van der Waals surface area contributed by atoms with Gasteiger partial charge in [-0.25, -0.2) is 0 Å². The lowest BCUT2D eigenvalue weighted by Crippen LogP contribution is -2.17. The summed E-state index contributed by atoms with van der Waals surface area (Å²) in [4.78, 5) is 10.4. The summed E-state index contributed by atoms with van der Waals surface area (Å²) in [5, 5.41) is 3.60. The molecule has 3 N–H and O–H groups in total. The van der Waals surface area contributed by atoms with Crippen LogP contribution in [0.5, 0.6) is 0 Å². The minimum absolute atomic E-state index is 0.196. The van der Waals surface area contributed by atoms with Crippen LogP contribution in [-0.4, -0.2) is 16.6 Å². The van der Waals surface area contributed by atoms with Crippen LogP contribution in [0.25, 0.3) is 0 Å². The van der Waals surface area contributed by atoms with Gasteiger partial charge in [-0.3, -0.25) is 0 Å². The molecule has 0 amide bonds. The van der Waals surface area contributed by atoms with E-state index in [-0.39, 0.29) is 5.95 Å². The number of hydrogen-bond acceptors (Lipinski definition) is 5. The van der Waals surface area contributed by atoms with Crippen LogP contribution < -0.4 is 16.0 Å². The molecule has 5 nitrogen and oxygen atoms in total. The van der Waals surface area contributed by atoms with E-state index in [0.29, 0.717) is 17.7 Å². The Balaban J connectivity index is 1.61. The number of halogens is 1. The van der Waals surface area contributed by atoms with Crippen molar-refractivity contribution in [3.63, 3.8) is 0 Å². The number of hydrogen-bond donors (Lipinski definition) is 2. The summed E-state index contributed by atoms with van der Waals surface area (Å²) >= 11 is 6.13. The Kier molecular flexibility index (Phi) is 3.73. The molecule has 23 heavy (non-hydrogen) atoms. The van der Waals surface area contributed by atoms with Gasteiger partial charge in [-0.15, -0.1) is 0 Å². The average Bonchev–Trinajstić information content (AvgIpc) is 3.00. The molecule has 4 rings (SSSR count). The Morgan fingerprint density at radius 1 is 1.09 bits per heavy atom. The molecule has 2 aliphatic rings. The van der Waals surface area contributed by atoms with Crippen molar-refractivity contribution in [1.82, 2.24) is 9.97 Å². The van der Waals surface area contributed by atoms with E-state index in [1.54, 1.807) is 0 Å². The highest BCUT2D eigenvalue weighted by molar-refractivity contribution is 6.33. The molecule has 0 bridgehead atoms. The quantitative estimate of drug-likeness (QED) is 0.805. The molecule has 0 unspecified atom stereocenters. The van der Waals surface area contributed by atoms with Gasteiger partial charge in [0, 0.05) is 5.69 Å². The van der Waals surface area contributed by atoms with Crippen molar-refractivity contribution in [1.29, 1.82) is 0 Å². The van der Waals surface area contributed by atoms with Crippen LogP contribution >= 0.6 is 11.6 Å². The van der Waals surface area contributed by atoms with Crippen LogP contribution in [0.4, 0.5) is 23.1 Å². The Hall–Kier alpha value is -2.01. The molecule has 0 spiro atoms. The first-order valence-electron chi connectivity index (χ1n) is 8.17. The van der Waals surface area contributed by atoms with Crippen molar-refractivity contribution < 1.29 is 0 Å². The van der Waals surface area contributed by atoms with Crippen LogP contribution in [0.1, 0.15) is 43.6 Å². The molecule has 0 atom stereocenters. The van der Waals surface area contributed by atoms with E-state index < -0.39 is 0 Å². The number of aromatic nitrogens is 2. The van der Waals surface area contributed by atoms with Gasteiger partial charge in [-0.1, -0.05) is 43.0 Å². The highest BCUT2D eigenvalue weighted by Gasteiger charge is 2.25. The fourth-order valence-electron chi connectivity index (χ4n) is 3.59. The van der Waals surface area contributed by atoms with E-state index in [0.717, 1.165) is 17.2 Å².